The molecule has 0 saturated carbocycles. The van der Waals surface area contributed by atoms with Gasteiger partial charge in [0.05, 0.1) is 29.0 Å². The van der Waals surface area contributed by atoms with Crippen molar-refractivity contribution in [1.82, 2.24) is 14.5 Å². The summed E-state index contributed by atoms with van der Waals surface area (Å²) in [6.07, 6.45) is 2.65. The van der Waals surface area contributed by atoms with Gasteiger partial charge >= 0.3 is 6.09 Å². The van der Waals surface area contributed by atoms with Crippen LogP contribution in [0.5, 0.6) is 0 Å². The highest BCUT2D eigenvalue weighted by Crippen LogP contribution is 2.40. The first-order valence-electron chi connectivity index (χ1n) is 11.7. The molecule has 0 aliphatic carbocycles. The van der Waals surface area contributed by atoms with Gasteiger partial charge in [0.1, 0.15) is 5.60 Å². The second-order valence-electron chi connectivity index (χ2n) is 10.4. The van der Waals surface area contributed by atoms with Crippen molar-refractivity contribution in [2.45, 2.75) is 64.7 Å². The maximum Gasteiger partial charge on any atom is 0.410 e. The number of carbonyl (C=O) groups is 1. The fourth-order valence-corrected chi connectivity index (χ4v) is 4.95. The Morgan fingerprint density at radius 1 is 1.12 bits per heavy atom. The lowest BCUT2D eigenvalue weighted by Gasteiger charge is -2.47. The van der Waals surface area contributed by atoms with Crippen LogP contribution in [0.25, 0.3) is 22.2 Å². The predicted octanol–water partition coefficient (Wildman–Crippen LogP) is 5.70. The molecule has 0 bridgehead atoms. The van der Waals surface area contributed by atoms with Crippen LogP contribution in [0.4, 0.5) is 4.79 Å². The van der Waals surface area contributed by atoms with Gasteiger partial charge in [-0.2, -0.15) is 0 Å². The molecule has 1 fully saturated rings. The molecule has 3 aromatic rings. The van der Waals surface area contributed by atoms with Crippen LogP contribution in [-0.4, -0.2) is 43.4 Å². The summed E-state index contributed by atoms with van der Waals surface area (Å²) in [7, 11) is 1.99. The number of carbonyl (C=O) groups excluding carboxylic acids is 1. The summed E-state index contributed by atoms with van der Waals surface area (Å²) in [5.41, 5.74) is 3.84. The number of aryl methyl sites for hydroxylation is 1. The minimum Gasteiger partial charge on any atom is -0.442 e. The molecule has 1 unspecified atom stereocenters. The van der Waals surface area contributed by atoms with Crippen molar-refractivity contribution in [3.05, 3.63) is 54.4 Å². The van der Waals surface area contributed by atoms with E-state index in [0.29, 0.717) is 19.4 Å². The van der Waals surface area contributed by atoms with Crippen LogP contribution in [-0.2, 0) is 11.8 Å². The molecule has 1 saturated heterocycles. The third-order valence-corrected chi connectivity index (χ3v) is 7.00. The summed E-state index contributed by atoms with van der Waals surface area (Å²) in [6.45, 7) is 10.3. The van der Waals surface area contributed by atoms with E-state index in [1.807, 2.05) is 24.9 Å². The lowest BCUT2D eigenvalue weighted by atomic mass is 9.77. The molecule has 1 N–H and O–H groups in total. The van der Waals surface area contributed by atoms with Crippen molar-refractivity contribution < 1.29 is 14.6 Å². The first-order chi connectivity index (χ1) is 15.5. The Hall–Kier alpha value is -2.86. The molecule has 1 aliphatic heterocycles. The number of aliphatic hydroxyl groups is 1. The Balaban J connectivity index is 1.50. The molecular formula is C27H35N3O3. The van der Waals surface area contributed by atoms with E-state index in [9.17, 15) is 9.90 Å². The smallest absolute Gasteiger partial charge is 0.410 e. The van der Waals surface area contributed by atoms with E-state index < -0.39 is 11.2 Å². The number of imidazole rings is 1. The molecule has 33 heavy (non-hydrogen) atoms. The highest BCUT2D eigenvalue weighted by molar-refractivity contribution is 5.82. The van der Waals surface area contributed by atoms with Crippen molar-refractivity contribution in [2.24, 2.45) is 13.0 Å². The molecule has 2 heterocycles. The number of hydrogen-bond donors (Lipinski definition) is 1. The van der Waals surface area contributed by atoms with Gasteiger partial charge in [0.2, 0.25) is 0 Å². The maximum absolute atomic E-state index is 13.0. The van der Waals surface area contributed by atoms with Gasteiger partial charge in [0.15, 0.2) is 0 Å². The van der Waals surface area contributed by atoms with E-state index in [0.717, 1.165) is 27.7 Å². The normalized spacial score (nSPS) is 20.4. The van der Waals surface area contributed by atoms with Gasteiger partial charge < -0.3 is 19.3 Å². The molecule has 0 radical (unpaired) electrons. The standard InChI is InChI=1S/C27H35N3O3/c1-18(2)27(16-26(4,5)32)13-14-30(25(31)33-27)19(3)20-7-9-21(10-8-20)22-11-12-24-23(15-22)28-17-29(24)6/h7-12,15,17-19,32H,13-14,16H2,1-6H3/t19-,27?/m0/s1. The SMILES string of the molecule is CC(C)C1(CC(C)(C)O)CCN([C@@H](C)c2ccc(-c3ccc4c(c3)ncn4C)cc2)C(=O)O1. The summed E-state index contributed by atoms with van der Waals surface area (Å²) in [4.78, 5) is 19.3. The Kier molecular flexibility index (Phi) is 5.99. The van der Waals surface area contributed by atoms with Crippen LogP contribution in [0.2, 0.25) is 0 Å². The van der Waals surface area contributed by atoms with E-state index >= 15 is 0 Å². The molecule has 1 aliphatic rings. The van der Waals surface area contributed by atoms with E-state index in [4.69, 9.17) is 4.74 Å². The zero-order valence-electron chi connectivity index (χ0n) is 20.5. The third-order valence-electron chi connectivity index (χ3n) is 7.00. The van der Waals surface area contributed by atoms with Gasteiger partial charge in [-0.1, -0.05) is 44.2 Å². The maximum atomic E-state index is 13.0. The molecular weight excluding hydrogens is 414 g/mol. The predicted molar refractivity (Wildman–Crippen MR) is 131 cm³/mol. The highest BCUT2D eigenvalue weighted by Gasteiger charge is 2.47. The average molecular weight is 450 g/mol. The summed E-state index contributed by atoms with van der Waals surface area (Å²) >= 11 is 0. The number of nitrogens with zero attached hydrogens (tertiary/aromatic N) is 3. The van der Waals surface area contributed by atoms with Crippen LogP contribution in [0, 0.1) is 5.92 Å². The van der Waals surface area contributed by atoms with Crippen molar-refractivity contribution >= 4 is 17.1 Å². The van der Waals surface area contributed by atoms with E-state index in [2.05, 4.69) is 61.3 Å². The monoisotopic (exact) mass is 449 g/mol. The lowest BCUT2D eigenvalue weighted by molar-refractivity contribution is -0.119. The molecule has 4 rings (SSSR count). The van der Waals surface area contributed by atoms with Crippen LogP contribution < -0.4 is 0 Å². The quantitative estimate of drug-likeness (QED) is 0.524. The molecule has 1 amide bonds. The van der Waals surface area contributed by atoms with Crippen LogP contribution >= 0.6 is 0 Å². The van der Waals surface area contributed by atoms with Gasteiger partial charge in [0.25, 0.3) is 0 Å². The average Bonchev–Trinajstić information content (AvgIpc) is 3.12. The Bertz CT molecular complexity index is 1140. The second kappa shape index (κ2) is 8.49. The Morgan fingerprint density at radius 2 is 1.79 bits per heavy atom. The van der Waals surface area contributed by atoms with E-state index in [-0.39, 0.29) is 18.1 Å². The summed E-state index contributed by atoms with van der Waals surface area (Å²) in [5, 5.41) is 10.4. The van der Waals surface area contributed by atoms with Crippen molar-refractivity contribution in [3.8, 4) is 11.1 Å². The molecule has 6 nitrogen and oxygen atoms in total. The number of rotatable bonds is 6. The minimum atomic E-state index is -0.896. The summed E-state index contributed by atoms with van der Waals surface area (Å²) in [6, 6.07) is 14.6. The summed E-state index contributed by atoms with van der Waals surface area (Å²) in [5.74, 6) is 0.126. The fourth-order valence-electron chi connectivity index (χ4n) is 4.95. The second-order valence-corrected chi connectivity index (χ2v) is 10.4. The van der Waals surface area contributed by atoms with Gasteiger partial charge in [-0.3, -0.25) is 0 Å². The number of amides is 1. The van der Waals surface area contributed by atoms with E-state index in [1.54, 1.807) is 18.7 Å². The van der Waals surface area contributed by atoms with Gasteiger partial charge in [-0.15, -0.1) is 0 Å². The van der Waals surface area contributed by atoms with Gasteiger partial charge in [-0.25, -0.2) is 9.78 Å². The zero-order chi connectivity index (χ0) is 24.0. The highest BCUT2D eigenvalue weighted by atomic mass is 16.6. The number of aromatic nitrogens is 2. The molecule has 176 valence electrons. The lowest BCUT2D eigenvalue weighted by Crippen LogP contribution is -2.55. The first-order valence-corrected chi connectivity index (χ1v) is 11.7. The van der Waals surface area contributed by atoms with Gasteiger partial charge in [0, 0.05) is 26.4 Å². The number of hydrogen-bond acceptors (Lipinski definition) is 4. The fraction of sp³-hybridized carbons (Fsp3) is 0.481. The van der Waals surface area contributed by atoms with Crippen LogP contribution in [0.1, 0.15) is 59.1 Å². The topological polar surface area (TPSA) is 67.6 Å². The van der Waals surface area contributed by atoms with Crippen molar-refractivity contribution in [1.29, 1.82) is 0 Å². The Labute approximate surface area is 196 Å². The zero-order valence-corrected chi connectivity index (χ0v) is 20.5. The first kappa shape index (κ1) is 23.3. The van der Waals surface area contributed by atoms with Crippen molar-refractivity contribution in [2.75, 3.05) is 6.54 Å². The number of fused-ring (bicyclic) bond motifs is 1. The number of benzene rings is 2. The van der Waals surface area contributed by atoms with E-state index in [1.165, 1.54) is 0 Å². The van der Waals surface area contributed by atoms with Crippen LogP contribution in [0.15, 0.2) is 48.8 Å². The summed E-state index contributed by atoms with van der Waals surface area (Å²) < 4.78 is 8.03. The molecule has 6 heteroatoms. The van der Waals surface area contributed by atoms with Crippen molar-refractivity contribution in [3.63, 3.8) is 0 Å². The third kappa shape index (κ3) is 4.62. The number of ether oxygens (including phenoxy) is 1. The Morgan fingerprint density at radius 3 is 2.39 bits per heavy atom. The minimum absolute atomic E-state index is 0.0999. The van der Waals surface area contributed by atoms with Gasteiger partial charge in [-0.05, 0) is 55.5 Å². The van der Waals surface area contributed by atoms with Crippen LogP contribution in [0.3, 0.4) is 0 Å². The molecule has 1 aromatic heterocycles. The molecule has 2 atom stereocenters. The number of cyclic esters (lactones) is 1. The molecule has 2 aromatic carbocycles. The largest absolute Gasteiger partial charge is 0.442 e. The molecule has 0 spiro atoms.